The molecule has 6 nitrogen and oxygen atoms in total. The number of hydrogen-bond acceptors (Lipinski definition) is 6. The van der Waals surface area contributed by atoms with E-state index in [4.69, 9.17) is 0 Å². The molecule has 0 atom stereocenters. The van der Waals surface area contributed by atoms with Gasteiger partial charge in [-0.1, -0.05) is 0 Å². The van der Waals surface area contributed by atoms with Gasteiger partial charge in [0.1, 0.15) is 11.4 Å². The Bertz CT molecular complexity index is 580. The lowest BCUT2D eigenvalue weighted by Gasteiger charge is -2.21. The number of rotatable bonds is 3. The van der Waals surface area contributed by atoms with Crippen molar-refractivity contribution in [1.29, 1.82) is 0 Å². The first-order chi connectivity index (χ1) is 9.99. The lowest BCUT2D eigenvalue weighted by atomic mass is 10.0. The molecule has 1 aliphatic carbocycles. The van der Waals surface area contributed by atoms with Gasteiger partial charge in [0.15, 0.2) is 5.12 Å². The van der Waals surface area contributed by atoms with E-state index in [9.17, 15) is 14.4 Å². The van der Waals surface area contributed by atoms with E-state index in [0.29, 0.717) is 17.1 Å². The molecule has 0 aromatic carbocycles. The lowest BCUT2D eigenvalue weighted by Crippen LogP contribution is -2.29. The molecule has 7 heteroatoms. The third-order valence-electron chi connectivity index (χ3n) is 3.49. The molecule has 0 bridgehead atoms. The fraction of sp³-hybridized carbons (Fsp3) is 0.500. The highest BCUT2D eigenvalue weighted by Gasteiger charge is 2.43. The summed E-state index contributed by atoms with van der Waals surface area (Å²) in [4.78, 5) is 39.8. The van der Waals surface area contributed by atoms with Crippen molar-refractivity contribution in [2.24, 2.45) is 0 Å². The Labute approximate surface area is 128 Å². The van der Waals surface area contributed by atoms with E-state index in [1.165, 1.54) is 13.0 Å². The van der Waals surface area contributed by atoms with Gasteiger partial charge >= 0.3 is 0 Å². The number of hydrogen-bond donors (Lipinski definition) is 1. The van der Waals surface area contributed by atoms with Gasteiger partial charge in [0, 0.05) is 52.3 Å². The van der Waals surface area contributed by atoms with Gasteiger partial charge in [-0.05, 0) is 0 Å². The van der Waals surface area contributed by atoms with Crippen molar-refractivity contribution in [3.05, 3.63) is 23.2 Å². The molecule has 3 fully saturated rings. The zero-order valence-electron chi connectivity index (χ0n) is 11.8. The highest BCUT2D eigenvalue weighted by atomic mass is 32.1. The Morgan fingerprint density at radius 3 is 1.81 bits per heavy atom. The van der Waals surface area contributed by atoms with Crippen LogP contribution in [0, 0.1) is 0 Å². The second kappa shape index (κ2) is 5.22. The molecule has 3 heterocycles. The molecule has 0 aromatic heterocycles. The predicted octanol–water partition coefficient (Wildman–Crippen LogP) is -0.357. The van der Waals surface area contributed by atoms with E-state index < -0.39 is 0 Å². The molecular formula is C14H17N3O3S. The van der Waals surface area contributed by atoms with E-state index in [0.717, 1.165) is 39.3 Å². The van der Waals surface area contributed by atoms with Gasteiger partial charge in [-0.25, -0.2) is 0 Å². The van der Waals surface area contributed by atoms with E-state index in [1.807, 2.05) is 14.7 Å². The average molecular weight is 307 g/mol. The van der Waals surface area contributed by atoms with Gasteiger partial charge in [0.05, 0.1) is 5.70 Å². The molecule has 3 aliphatic heterocycles. The fourth-order valence-electron chi connectivity index (χ4n) is 2.28. The van der Waals surface area contributed by atoms with Gasteiger partial charge in [-0.3, -0.25) is 14.4 Å². The van der Waals surface area contributed by atoms with Crippen LogP contribution in [0.15, 0.2) is 23.2 Å². The molecule has 21 heavy (non-hydrogen) atoms. The quantitative estimate of drug-likeness (QED) is 0.437. The van der Waals surface area contributed by atoms with Crippen LogP contribution in [0.5, 0.6) is 0 Å². The maximum absolute atomic E-state index is 12.4. The Balaban J connectivity index is 0.000000298. The SMILES string of the molecule is CC(=O)S.O=C1C=C(N2CC2)C(=O)C(N2CC2)=C1N1CC1. The van der Waals surface area contributed by atoms with Crippen molar-refractivity contribution in [2.75, 3.05) is 39.3 Å². The van der Waals surface area contributed by atoms with Gasteiger partial charge in [-0.15, -0.1) is 12.6 Å². The van der Waals surface area contributed by atoms with Crippen molar-refractivity contribution >= 4 is 29.3 Å². The van der Waals surface area contributed by atoms with Gasteiger partial charge in [-0.2, -0.15) is 0 Å². The second-order valence-electron chi connectivity index (χ2n) is 5.40. The Morgan fingerprint density at radius 2 is 1.38 bits per heavy atom. The summed E-state index contributed by atoms with van der Waals surface area (Å²) in [6.07, 6.45) is 1.52. The Kier molecular flexibility index (Phi) is 3.52. The summed E-state index contributed by atoms with van der Waals surface area (Å²) in [5.74, 6) is 0.0485. The molecule has 0 aromatic rings. The third-order valence-corrected chi connectivity index (χ3v) is 3.49. The highest BCUT2D eigenvalue weighted by molar-refractivity contribution is 7.96. The fourth-order valence-corrected chi connectivity index (χ4v) is 2.28. The summed E-state index contributed by atoms with van der Waals surface area (Å²) < 4.78 is 0. The van der Waals surface area contributed by atoms with Crippen LogP contribution in [-0.2, 0) is 14.4 Å². The predicted molar refractivity (Wildman–Crippen MR) is 79.5 cm³/mol. The molecule has 0 radical (unpaired) electrons. The van der Waals surface area contributed by atoms with Gasteiger partial charge in [0.2, 0.25) is 11.6 Å². The number of allylic oxidation sites excluding steroid dienone is 1. The molecular weight excluding hydrogens is 290 g/mol. The van der Waals surface area contributed by atoms with Crippen molar-refractivity contribution in [2.45, 2.75) is 6.92 Å². The number of carbonyl (C=O) groups is 3. The Morgan fingerprint density at radius 1 is 0.952 bits per heavy atom. The summed E-state index contributed by atoms with van der Waals surface area (Å²) in [5.41, 5.74) is 1.89. The number of ketones is 2. The number of nitrogens with zero attached hydrogens (tertiary/aromatic N) is 3. The van der Waals surface area contributed by atoms with Crippen LogP contribution in [0.25, 0.3) is 0 Å². The van der Waals surface area contributed by atoms with Crippen LogP contribution in [0.1, 0.15) is 6.92 Å². The summed E-state index contributed by atoms with van der Waals surface area (Å²) in [7, 11) is 0. The second-order valence-corrected chi connectivity index (χ2v) is 6.03. The van der Waals surface area contributed by atoms with Crippen molar-refractivity contribution in [3.8, 4) is 0 Å². The van der Waals surface area contributed by atoms with E-state index >= 15 is 0 Å². The molecule has 0 unspecified atom stereocenters. The maximum Gasteiger partial charge on any atom is 0.227 e. The number of Topliss-reactive ketones (excluding diaryl/α,β-unsaturated/α-hetero) is 1. The summed E-state index contributed by atoms with van der Waals surface area (Å²) in [5, 5.41) is -0.139. The van der Waals surface area contributed by atoms with Crippen molar-refractivity contribution in [1.82, 2.24) is 14.7 Å². The summed E-state index contributed by atoms with van der Waals surface area (Å²) in [6, 6.07) is 0. The van der Waals surface area contributed by atoms with E-state index in [-0.39, 0.29) is 16.7 Å². The minimum Gasteiger partial charge on any atom is -0.365 e. The average Bonchev–Trinajstić information content (AvgIpc) is 3.26. The lowest BCUT2D eigenvalue weighted by molar-refractivity contribution is -0.117. The van der Waals surface area contributed by atoms with Crippen molar-refractivity contribution < 1.29 is 14.4 Å². The smallest absolute Gasteiger partial charge is 0.227 e. The number of thiol groups is 1. The Hall–Kier alpha value is -1.76. The third kappa shape index (κ3) is 3.12. The first-order valence-electron chi connectivity index (χ1n) is 6.98. The highest BCUT2D eigenvalue weighted by Crippen LogP contribution is 2.33. The summed E-state index contributed by atoms with van der Waals surface area (Å²) >= 11 is 3.33. The van der Waals surface area contributed by atoms with Crippen LogP contribution in [0.2, 0.25) is 0 Å². The van der Waals surface area contributed by atoms with Gasteiger partial charge in [0.25, 0.3) is 0 Å². The summed E-state index contributed by atoms with van der Waals surface area (Å²) in [6.45, 7) is 6.80. The van der Waals surface area contributed by atoms with Crippen molar-refractivity contribution in [3.63, 3.8) is 0 Å². The van der Waals surface area contributed by atoms with Crippen LogP contribution in [0.3, 0.4) is 0 Å². The van der Waals surface area contributed by atoms with E-state index in [1.54, 1.807) is 0 Å². The largest absolute Gasteiger partial charge is 0.365 e. The molecule has 0 amide bonds. The van der Waals surface area contributed by atoms with Gasteiger partial charge < -0.3 is 14.7 Å². The molecule has 4 rings (SSSR count). The monoisotopic (exact) mass is 307 g/mol. The minimum atomic E-state index is -0.139. The van der Waals surface area contributed by atoms with Crippen LogP contribution < -0.4 is 0 Å². The molecule has 112 valence electrons. The molecule has 3 saturated heterocycles. The molecule has 4 aliphatic rings. The van der Waals surface area contributed by atoms with Crippen LogP contribution >= 0.6 is 12.6 Å². The normalized spacial score (nSPS) is 22.8. The molecule has 0 saturated carbocycles. The maximum atomic E-state index is 12.4. The van der Waals surface area contributed by atoms with Crippen LogP contribution in [0.4, 0.5) is 0 Å². The zero-order chi connectivity index (χ0) is 15.1. The number of carbonyl (C=O) groups excluding carboxylic acids is 3. The minimum absolute atomic E-state index is 0.00546. The molecule has 0 spiro atoms. The first-order valence-corrected chi connectivity index (χ1v) is 7.43. The molecule has 0 N–H and O–H groups in total. The zero-order valence-corrected chi connectivity index (χ0v) is 12.7. The standard InChI is InChI=1S/C12H13N3O2.C2H4OS/c16-9-7-8(13-1-2-13)12(17)11(15-5-6-15)10(9)14-3-4-14;1-2(3)4/h7H,1-6H2;1H3,(H,3,4). The van der Waals surface area contributed by atoms with E-state index in [2.05, 4.69) is 12.6 Å². The van der Waals surface area contributed by atoms with Crippen LogP contribution in [-0.4, -0.2) is 70.7 Å². The first kappa shape index (κ1) is 14.2. The topological polar surface area (TPSA) is 60.2 Å².